The molecular formula is C21H25FN2OS2. The van der Waals surface area contributed by atoms with Crippen LogP contribution in [0.2, 0.25) is 0 Å². The number of nitrogens with zero attached hydrogens (tertiary/aromatic N) is 1. The van der Waals surface area contributed by atoms with Crippen LogP contribution in [0.25, 0.3) is 0 Å². The molecule has 0 atom stereocenters. The Morgan fingerprint density at radius 3 is 2.74 bits per heavy atom. The summed E-state index contributed by atoms with van der Waals surface area (Å²) in [5.74, 6) is 2.69. The summed E-state index contributed by atoms with van der Waals surface area (Å²) in [6.45, 7) is 5.28. The van der Waals surface area contributed by atoms with Crippen molar-refractivity contribution >= 4 is 35.1 Å². The van der Waals surface area contributed by atoms with Crippen molar-refractivity contribution in [1.82, 2.24) is 4.90 Å². The minimum Gasteiger partial charge on any atom is -0.326 e. The van der Waals surface area contributed by atoms with Crippen molar-refractivity contribution in [1.29, 1.82) is 0 Å². The van der Waals surface area contributed by atoms with Gasteiger partial charge in [0.15, 0.2) is 0 Å². The third kappa shape index (κ3) is 6.26. The standard InChI is InChI=1S/C21H25FN2OS2/c1-16-14-17(15-24-9-12-26-13-10-24)6-7-19(16)23-21(25)8-11-27-20-5-3-2-4-18(20)22/h2-7,14H,8-13,15H2,1H3,(H,23,25). The van der Waals surface area contributed by atoms with Gasteiger partial charge in [-0.25, -0.2) is 4.39 Å². The Hall–Kier alpha value is -1.50. The van der Waals surface area contributed by atoms with E-state index in [1.807, 2.05) is 24.8 Å². The predicted octanol–water partition coefficient (Wildman–Crippen LogP) is 4.80. The van der Waals surface area contributed by atoms with Crippen LogP contribution in [0.3, 0.4) is 0 Å². The monoisotopic (exact) mass is 404 g/mol. The second-order valence-corrected chi connectivity index (χ2v) is 8.98. The molecule has 0 unspecified atom stereocenters. The SMILES string of the molecule is Cc1cc(CN2CCSCC2)ccc1NC(=O)CCSc1ccccc1F. The van der Waals surface area contributed by atoms with Crippen LogP contribution < -0.4 is 5.32 Å². The number of anilines is 1. The van der Waals surface area contributed by atoms with Gasteiger partial charge < -0.3 is 5.32 Å². The minimum atomic E-state index is -0.235. The van der Waals surface area contributed by atoms with Gasteiger partial charge in [-0.3, -0.25) is 9.69 Å². The van der Waals surface area contributed by atoms with Crippen LogP contribution >= 0.6 is 23.5 Å². The third-order valence-electron chi connectivity index (χ3n) is 4.50. The van der Waals surface area contributed by atoms with Gasteiger partial charge in [-0.15, -0.1) is 11.8 Å². The number of halogens is 1. The second kappa shape index (κ2) is 10.2. The number of aryl methyl sites for hydroxylation is 1. The summed E-state index contributed by atoms with van der Waals surface area (Å²) < 4.78 is 13.6. The van der Waals surface area contributed by atoms with Crippen LogP contribution in [-0.2, 0) is 11.3 Å². The summed E-state index contributed by atoms with van der Waals surface area (Å²) in [7, 11) is 0. The van der Waals surface area contributed by atoms with E-state index in [-0.39, 0.29) is 11.7 Å². The van der Waals surface area contributed by atoms with Gasteiger partial charge in [0.25, 0.3) is 0 Å². The van der Waals surface area contributed by atoms with Crippen molar-refractivity contribution in [3.8, 4) is 0 Å². The number of hydrogen-bond acceptors (Lipinski definition) is 4. The van der Waals surface area contributed by atoms with Crippen molar-refractivity contribution in [2.75, 3.05) is 35.7 Å². The number of hydrogen-bond donors (Lipinski definition) is 1. The van der Waals surface area contributed by atoms with E-state index in [2.05, 4.69) is 22.3 Å². The highest BCUT2D eigenvalue weighted by Gasteiger charge is 2.12. The zero-order chi connectivity index (χ0) is 19.1. The van der Waals surface area contributed by atoms with E-state index in [4.69, 9.17) is 0 Å². The number of carbonyl (C=O) groups is 1. The molecule has 0 radical (unpaired) electrons. The van der Waals surface area contributed by atoms with E-state index in [9.17, 15) is 9.18 Å². The van der Waals surface area contributed by atoms with Crippen LogP contribution in [0.5, 0.6) is 0 Å². The molecule has 0 saturated carbocycles. The Labute approximate surface area is 169 Å². The molecule has 6 heteroatoms. The minimum absolute atomic E-state index is 0.0391. The first-order valence-corrected chi connectivity index (χ1v) is 11.3. The molecule has 2 aromatic rings. The number of benzene rings is 2. The third-order valence-corrected chi connectivity index (χ3v) is 6.49. The number of nitrogens with one attached hydrogen (secondary N) is 1. The van der Waals surface area contributed by atoms with E-state index in [0.717, 1.165) is 30.9 Å². The summed E-state index contributed by atoms with van der Waals surface area (Å²) in [5, 5.41) is 2.98. The van der Waals surface area contributed by atoms with E-state index >= 15 is 0 Å². The first-order chi connectivity index (χ1) is 13.1. The van der Waals surface area contributed by atoms with Gasteiger partial charge in [0.1, 0.15) is 5.82 Å². The largest absolute Gasteiger partial charge is 0.326 e. The van der Waals surface area contributed by atoms with Crippen molar-refractivity contribution < 1.29 is 9.18 Å². The lowest BCUT2D eigenvalue weighted by Crippen LogP contribution is -2.31. The van der Waals surface area contributed by atoms with Gasteiger partial charge in [-0.2, -0.15) is 11.8 Å². The maximum atomic E-state index is 13.6. The Morgan fingerprint density at radius 2 is 2.00 bits per heavy atom. The molecule has 0 aromatic heterocycles. The fourth-order valence-corrected chi connectivity index (χ4v) is 4.88. The highest BCUT2D eigenvalue weighted by Crippen LogP contribution is 2.23. The Balaban J connectivity index is 1.48. The van der Waals surface area contributed by atoms with Crippen LogP contribution in [-0.4, -0.2) is 41.2 Å². The lowest BCUT2D eigenvalue weighted by Gasteiger charge is -2.26. The zero-order valence-electron chi connectivity index (χ0n) is 15.5. The van der Waals surface area contributed by atoms with Crippen molar-refractivity contribution in [2.45, 2.75) is 24.8 Å². The molecule has 1 aliphatic rings. The lowest BCUT2D eigenvalue weighted by atomic mass is 10.1. The molecule has 1 amide bonds. The van der Waals surface area contributed by atoms with Gasteiger partial charge in [-0.05, 0) is 36.2 Å². The van der Waals surface area contributed by atoms with Crippen molar-refractivity contribution in [3.05, 3.63) is 59.4 Å². The first kappa shape index (κ1) is 20.2. The fourth-order valence-electron chi connectivity index (χ4n) is 3.01. The highest BCUT2D eigenvalue weighted by atomic mass is 32.2. The number of amides is 1. The molecule has 3 nitrogen and oxygen atoms in total. The van der Waals surface area contributed by atoms with Crippen LogP contribution in [0.1, 0.15) is 17.5 Å². The molecule has 2 aromatic carbocycles. The highest BCUT2D eigenvalue weighted by molar-refractivity contribution is 7.99. The summed E-state index contributed by atoms with van der Waals surface area (Å²) in [6.07, 6.45) is 0.353. The summed E-state index contributed by atoms with van der Waals surface area (Å²) in [4.78, 5) is 15.3. The molecule has 1 heterocycles. The molecule has 144 valence electrons. The molecule has 3 rings (SSSR count). The van der Waals surface area contributed by atoms with Gasteiger partial charge >= 0.3 is 0 Å². The number of rotatable bonds is 7. The van der Waals surface area contributed by atoms with Gasteiger partial charge in [0.2, 0.25) is 5.91 Å². The molecular weight excluding hydrogens is 379 g/mol. The summed E-state index contributed by atoms with van der Waals surface area (Å²) in [5.41, 5.74) is 3.22. The normalized spacial score (nSPS) is 14.9. The van der Waals surface area contributed by atoms with E-state index in [1.165, 1.54) is 34.9 Å². The Morgan fingerprint density at radius 1 is 1.22 bits per heavy atom. The first-order valence-electron chi connectivity index (χ1n) is 9.18. The molecule has 27 heavy (non-hydrogen) atoms. The summed E-state index contributed by atoms with van der Waals surface area (Å²) >= 11 is 3.38. The average molecular weight is 405 g/mol. The molecule has 0 aliphatic carbocycles. The van der Waals surface area contributed by atoms with Crippen molar-refractivity contribution in [3.63, 3.8) is 0 Å². The van der Waals surface area contributed by atoms with Crippen LogP contribution in [0.15, 0.2) is 47.4 Å². The average Bonchev–Trinajstić information content (AvgIpc) is 2.66. The van der Waals surface area contributed by atoms with Gasteiger partial charge in [-0.1, -0.05) is 24.3 Å². The molecule has 1 N–H and O–H groups in total. The number of thioether (sulfide) groups is 2. The van der Waals surface area contributed by atoms with E-state index in [0.29, 0.717) is 17.1 Å². The van der Waals surface area contributed by atoms with Crippen molar-refractivity contribution in [2.24, 2.45) is 0 Å². The van der Waals surface area contributed by atoms with E-state index in [1.54, 1.807) is 18.2 Å². The zero-order valence-corrected chi connectivity index (χ0v) is 17.2. The Bertz CT molecular complexity index is 779. The maximum absolute atomic E-state index is 13.6. The van der Waals surface area contributed by atoms with Crippen LogP contribution in [0.4, 0.5) is 10.1 Å². The molecule has 1 aliphatic heterocycles. The summed E-state index contributed by atoms with van der Waals surface area (Å²) in [6, 6.07) is 12.9. The van der Waals surface area contributed by atoms with Crippen LogP contribution in [0, 0.1) is 12.7 Å². The molecule has 0 spiro atoms. The maximum Gasteiger partial charge on any atom is 0.225 e. The topological polar surface area (TPSA) is 32.3 Å². The smallest absolute Gasteiger partial charge is 0.225 e. The fraction of sp³-hybridized carbons (Fsp3) is 0.381. The number of carbonyl (C=O) groups excluding carboxylic acids is 1. The van der Waals surface area contributed by atoms with E-state index < -0.39 is 0 Å². The molecule has 1 saturated heterocycles. The van der Waals surface area contributed by atoms with Gasteiger partial charge in [0, 0.05) is 53.9 Å². The lowest BCUT2D eigenvalue weighted by molar-refractivity contribution is -0.115. The van der Waals surface area contributed by atoms with Gasteiger partial charge in [0.05, 0.1) is 0 Å². The second-order valence-electron chi connectivity index (χ2n) is 6.61. The molecule has 0 bridgehead atoms. The molecule has 1 fully saturated rings. The quantitative estimate of drug-likeness (QED) is 0.672. The Kier molecular flexibility index (Phi) is 7.61. The predicted molar refractivity (Wildman–Crippen MR) is 114 cm³/mol.